The number of aromatic nitrogens is 2. The fraction of sp³-hybridized carbons (Fsp3) is 0.529. The zero-order chi connectivity index (χ0) is 31.1. The van der Waals surface area contributed by atoms with E-state index in [1.54, 1.807) is 11.5 Å². The van der Waals surface area contributed by atoms with Crippen LogP contribution in [0.2, 0.25) is 18.1 Å². The van der Waals surface area contributed by atoms with Crippen molar-refractivity contribution in [1.82, 2.24) is 14.9 Å². The predicted molar refractivity (Wildman–Crippen MR) is 167 cm³/mol. The maximum Gasteiger partial charge on any atom is 0.342 e. The molecule has 1 amide bonds. The number of amides is 1. The smallest absolute Gasteiger partial charge is 0.342 e. The Morgan fingerprint density at radius 3 is 2.52 bits per heavy atom. The van der Waals surface area contributed by atoms with Crippen LogP contribution in [0.1, 0.15) is 92.8 Å². The monoisotopic (exact) mass is 617 g/mol. The fourth-order valence-electron chi connectivity index (χ4n) is 7.99. The van der Waals surface area contributed by atoms with Crippen LogP contribution in [-0.2, 0) is 43.9 Å². The van der Waals surface area contributed by atoms with Gasteiger partial charge in [-0.25, -0.2) is 14.2 Å². The van der Waals surface area contributed by atoms with Crippen molar-refractivity contribution in [2.45, 2.75) is 110 Å². The first-order chi connectivity index (χ1) is 21.1. The molecule has 1 fully saturated rings. The molecular weight excluding hydrogens is 577 g/mol. The van der Waals surface area contributed by atoms with Crippen molar-refractivity contribution in [3.63, 3.8) is 0 Å². The maximum atomic E-state index is 15.2. The quantitative estimate of drug-likeness (QED) is 0.190. The minimum atomic E-state index is -2.33. The minimum absolute atomic E-state index is 0.0936. The number of carbonyl (C=O) groups is 2. The molecule has 2 aromatic heterocycles. The van der Waals surface area contributed by atoms with E-state index in [0.29, 0.717) is 58.8 Å². The second-order valence-electron chi connectivity index (χ2n) is 13.2. The van der Waals surface area contributed by atoms with E-state index < -0.39 is 19.9 Å². The van der Waals surface area contributed by atoms with E-state index in [1.807, 2.05) is 6.07 Å². The second-order valence-corrected chi connectivity index (χ2v) is 17.9. The van der Waals surface area contributed by atoms with Crippen molar-refractivity contribution in [2.24, 2.45) is 5.92 Å². The van der Waals surface area contributed by atoms with Crippen LogP contribution >= 0.6 is 0 Å². The molecule has 44 heavy (non-hydrogen) atoms. The third-order valence-electron chi connectivity index (χ3n) is 10.8. The third kappa shape index (κ3) is 4.24. The van der Waals surface area contributed by atoms with Gasteiger partial charge in [0, 0.05) is 29.5 Å². The Morgan fingerprint density at radius 2 is 1.86 bits per heavy atom. The van der Waals surface area contributed by atoms with Crippen molar-refractivity contribution in [3.8, 4) is 11.4 Å². The van der Waals surface area contributed by atoms with Gasteiger partial charge in [0.15, 0.2) is 13.9 Å². The first-order valence-electron chi connectivity index (χ1n) is 16.1. The van der Waals surface area contributed by atoms with Crippen molar-refractivity contribution < 1.29 is 23.1 Å². The number of benzene rings is 1. The van der Waals surface area contributed by atoms with Crippen LogP contribution in [0.25, 0.3) is 22.3 Å². The van der Waals surface area contributed by atoms with E-state index in [1.165, 1.54) is 13.0 Å². The van der Waals surface area contributed by atoms with Gasteiger partial charge in [-0.3, -0.25) is 9.59 Å². The number of halogens is 1. The van der Waals surface area contributed by atoms with Gasteiger partial charge in [-0.05, 0) is 73.0 Å². The van der Waals surface area contributed by atoms with Gasteiger partial charge in [-0.2, -0.15) is 0 Å². The largest absolute Gasteiger partial charge is 0.458 e. The molecule has 0 saturated heterocycles. The van der Waals surface area contributed by atoms with E-state index in [4.69, 9.17) is 14.1 Å². The van der Waals surface area contributed by atoms with Crippen LogP contribution in [0.4, 0.5) is 4.39 Å². The molecule has 2 atom stereocenters. The highest BCUT2D eigenvalue weighted by Gasteiger charge is 2.55. The van der Waals surface area contributed by atoms with Crippen molar-refractivity contribution in [1.29, 1.82) is 0 Å². The lowest BCUT2D eigenvalue weighted by atomic mass is 9.81. The maximum absolute atomic E-state index is 15.2. The first kappa shape index (κ1) is 29.3. The normalized spacial score (nSPS) is 22.0. The van der Waals surface area contributed by atoms with Crippen molar-refractivity contribution in [2.75, 3.05) is 0 Å². The number of nitrogens with one attached hydrogen (secondary N) is 1. The Hall–Kier alpha value is -3.37. The Morgan fingerprint density at radius 1 is 1.14 bits per heavy atom. The van der Waals surface area contributed by atoms with Gasteiger partial charge in [-0.15, -0.1) is 0 Å². The minimum Gasteiger partial charge on any atom is -0.458 e. The number of fused-ring (bicyclic) bond motifs is 5. The number of rotatable bonds is 8. The summed E-state index contributed by atoms with van der Waals surface area (Å²) in [6.07, 6.45) is 3.79. The molecule has 0 radical (unpaired) electrons. The number of pyridine rings is 2. The summed E-state index contributed by atoms with van der Waals surface area (Å²) in [5.74, 6) is -0.527. The number of ether oxygens (including phenoxy) is 1. The highest BCUT2D eigenvalue weighted by atomic mass is 28.4. The van der Waals surface area contributed by atoms with Crippen LogP contribution in [0, 0.1) is 18.7 Å². The lowest BCUT2D eigenvalue weighted by Crippen LogP contribution is -2.54. The van der Waals surface area contributed by atoms with Gasteiger partial charge in [0.05, 0.1) is 35.1 Å². The van der Waals surface area contributed by atoms with Crippen LogP contribution in [0.3, 0.4) is 0 Å². The van der Waals surface area contributed by atoms with Gasteiger partial charge in [0.2, 0.25) is 5.91 Å². The Bertz CT molecular complexity index is 1800. The molecule has 0 unspecified atom stereocenters. The number of cyclic esters (lactones) is 1. The SMILES string of the molecule is CC[Si](CC)(CC)O[C@]1(CC2CC2)C(=O)OCc2c1cc1n(c2=O)Cc2c-1nc1cc(F)c(C)c3c1c2[C@@H](NC(C)=O)CC3. The topological polar surface area (TPSA) is 99.5 Å². The van der Waals surface area contributed by atoms with Gasteiger partial charge >= 0.3 is 5.97 Å². The number of hydrogen-bond acceptors (Lipinski definition) is 6. The van der Waals surface area contributed by atoms with E-state index >= 15 is 4.39 Å². The molecule has 1 aromatic carbocycles. The van der Waals surface area contributed by atoms with E-state index in [-0.39, 0.29) is 36.5 Å². The van der Waals surface area contributed by atoms with Crippen LogP contribution < -0.4 is 10.9 Å². The van der Waals surface area contributed by atoms with Gasteiger partial charge < -0.3 is 19.0 Å². The average Bonchev–Trinajstić information content (AvgIpc) is 3.75. The summed E-state index contributed by atoms with van der Waals surface area (Å²) in [6.45, 7) is 9.87. The second kappa shape index (κ2) is 10.3. The highest BCUT2D eigenvalue weighted by Crippen LogP contribution is 2.50. The molecular formula is C34H40FN3O5Si. The van der Waals surface area contributed by atoms with Gasteiger partial charge in [0.25, 0.3) is 5.56 Å². The summed E-state index contributed by atoms with van der Waals surface area (Å²) in [4.78, 5) is 45.6. The van der Waals surface area contributed by atoms with Crippen LogP contribution in [0.15, 0.2) is 16.9 Å². The molecule has 1 saturated carbocycles. The van der Waals surface area contributed by atoms with Crippen molar-refractivity contribution in [3.05, 3.63) is 61.7 Å². The van der Waals surface area contributed by atoms with E-state index in [9.17, 15) is 14.4 Å². The average molecular weight is 618 g/mol. The molecule has 0 spiro atoms. The Kier molecular flexibility index (Phi) is 6.89. The molecule has 2 aliphatic carbocycles. The molecule has 4 heterocycles. The Labute approximate surface area is 257 Å². The van der Waals surface area contributed by atoms with Gasteiger partial charge in [0.1, 0.15) is 12.4 Å². The summed E-state index contributed by atoms with van der Waals surface area (Å²) < 4.78 is 29.8. The molecule has 2 aliphatic heterocycles. The van der Waals surface area contributed by atoms with Crippen LogP contribution in [-0.4, -0.2) is 29.7 Å². The molecule has 232 valence electrons. The van der Waals surface area contributed by atoms with E-state index in [0.717, 1.165) is 53.1 Å². The number of hydrogen-bond donors (Lipinski definition) is 1. The summed E-state index contributed by atoms with van der Waals surface area (Å²) in [5, 5.41) is 3.98. The zero-order valence-electron chi connectivity index (χ0n) is 26.2. The standard InChI is InChI=1S/C34H40FN3O5Si/c1-6-44(7-2,8-3)43-34(15-20-9-10-20)24-13-28-31-22(16-38(28)32(40)23(24)17-42-33(34)41)30-26(36-19(5)39)12-11-21-18(4)25(35)14-27(37-31)29(21)30/h13-14,20,26H,6-12,15-17H2,1-5H3,(H,36,39)/t26-,34-/m0/s1. The lowest BCUT2D eigenvalue weighted by Gasteiger charge is -2.44. The molecule has 4 aliphatic rings. The number of carbonyl (C=O) groups excluding carboxylic acids is 2. The van der Waals surface area contributed by atoms with E-state index in [2.05, 4.69) is 26.1 Å². The summed E-state index contributed by atoms with van der Waals surface area (Å²) in [5.41, 5.74) is 4.53. The Balaban J connectivity index is 1.49. The summed E-state index contributed by atoms with van der Waals surface area (Å²) in [7, 11) is -2.33. The molecule has 10 heteroatoms. The summed E-state index contributed by atoms with van der Waals surface area (Å²) in [6, 6.07) is 5.70. The lowest BCUT2D eigenvalue weighted by molar-refractivity contribution is -0.171. The number of nitrogens with zero attached hydrogens (tertiary/aromatic N) is 2. The molecule has 1 N–H and O–H groups in total. The molecule has 0 bridgehead atoms. The third-order valence-corrected chi connectivity index (χ3v) is 15.5. The summed E-state index contributed by atoms with van der Waals surface area (Å²) >= 11 is 0. The number of aryl methyl sites for hydroxylation is 1. The van der Waals surface area contributed by atoms with Crippen LogP contribution in [0.5, 0.6) is 0 Å². The number of esters is 1. The first-order valence-corrected chi connectivity index (χ1v) is 18.7. The van der Waals surface area contributed by atoms with Crippen molar-refractivity contribution >= 4 is 31.1 Å². The molecule has 8 nitrogen and oxygen atoms in total. The predicted octanol–water partition coefficient (Wildman–Crippen LogP) is 6.07. The molecule has 7 rings (SSSR count). The molecule has 3 aromatic rings. The highest BCUT2D eigenvalue weighted by molar-refractivity contribution is 6.73. The zero-order valence-corrected chi connectivity index (χ0v) is 27.2. The fourth-order valence-corrected chi connectivity index (χ4v) is 10.9. The van der Waals surface area contributed by atoms with Gasteiger partial charge in [-0.1, -0.05) is 33.6 Å².